The van der Waals surface area contributed by atoms with Crippen LogP contribution in [0.3, 0.4) is 0 Å². The zero-order valence-electron chi connectivity index (χ0n) is 20.8. The van der Waals surface area contributed by atoms with Crippen LogP contribution in [0.2, 0.25) is 0 Å². The van der Waals surface area contributed by atoms with E-state index in [0.29, 0.717) is 29.7 Å². The first-order valence-electron chi connectivity index (χ1n) is 12.1. The number of rotatable bonds is 8. The fourth-order valence-electron chi connectivity index (χ4n) is 4.18. The summed E-state index contributed by atoms with van der Waals surface area (Å²) in [7, 11) is -3.74. The first-order chi connectivity index (χ1) is 17.8. The molecule has 1 heterocycles. The number of nitrogens with one attached hydrogen (secondary N) is 2. The van der Waals surface area contributed by atoms with Crippen molar-refractivity contribution in [2.24, 2.45) is 5.92 Å². The third kappa shape index (κ3) is 6.27. The molecule has 1 unspecified atom stereocenters. The lowest BCUT2D eigenvalue weighted by Gasteiger charge is -2.26. The maximum Gasteiger partial charge on any atom is 0.408 e. The maximum atomic E-state index is 13.3. The quantitative estimate of drug-likeness (QED) is 0.463. The van der Waals surface area contributed by atoms with Crippen LogP contribution in [0.4, 0.5) is 10.5 Å². The van der Waals surface area contributed by atoms with Gasteiger partial charge in [-0.1, -0.05) is 68.4 Å². The van der Waals surface area contributed by atoms with Crippen molar-refractivity contribution in [2.45, 2.75) is 31.4 Å². The summed E-state index contributed by atoms with van der Waals surface area (Å²) in [4.78, 5) is 25.8. The second kappa shape index (κ2) is 11.7. The Morgan fingerprint density at radius 2 is 1.62 bits per heavy atom. The zero-order valence-corrected chi connectivity index (χ0v) is 21.7. The second-order valence-corrected chi connectivity index (χ2v) is 11.0. The molecule has 2 N–H and O–H groups in total. The first kappa shape index (κ1) is 26.6. The SMILES string of the molecule is CC(C)C(NC(=O)OCc1ccccc1)C(=O)Nc1cccc2c(S(=O)(=O)N3CCOCC3)cccc12. The molecule has 0 aliphatic carbocycles. The largest absolute Gasteiger partial charge is 0.445 e. The molecule has 2 amide bonds. The Hall–Kier alpha value is -3.47. The summed E-state index contributed by atoms with van der Waals surface area (Å²) in [5.41, 5.74) is 1.29. The molecule has 1 fully saturated rings. The van der Waals surface area contributed by atoms with Gasteiger partial charge >= 0.3 is 6.09 Å². The monoisotopic (exact) mass is 525 g/mol. The molecular formula is C27H31N3O6S. The minimum Gasteiger partial charge on any atom is -0.445 e. The van der Waals surface area contributed by atoms with Crippen LogP contribution in [0.1, 0.15) is 19.4 Å². The van der Waals surface area contributed by atoms with Crippen LogP contribution in [-0.4, -0.2) is 57.1 Å². The van der Waals surface area contributed by atoms with E-state index >= 15 is 0 Å². The van der Waals surface area contributed by atoms with E-state index in [-0.39, 0.29) is 30.5 Å². The number of nitrogens with zero attached hydrogens (tertiary/aromatic N) is 1. The summed E-state index contributed by atoms with van der Waals surface area (Å²) in [6.07, 6.45) is -0.700. The predicted molar refractivity (Wildman–Crippen MR) is 141 cm³/mol. The van der Waals surface area contributed by atoms with Crippen LogP contribution in [0.5, 0.6) is 0 Å². The highest BCUT2D eigenvalue weighted by Crippen LogP contribution is 2.31. The molecule has 37 heavy (non-hydrogen) atoms. The van der Waals surface area contributed by atoms with E-state index < -0.39 is 28.1 Å². The molecule has 1 aliphatic heterocycles. The Kier molecular flexibility index (Phi) is 8.42. The van der Waals surface area contributed by atoms with Gasteiger partial charge in [0.05, 0.1) is 18.1 Å². The van der Waals surface area contributed by atoms with E-state index in [1.807, 2.05) is 44.2 Å². The molecule has 1 saturated heterocycles. The van der Waals surface area contributed by atoms with Crippen molar-refractivity contribution >= 4 is 38.5 Å². The van der Waals surface area contributed by atoms with Crippen molar-refractivity contribution in [3.05, 3.63) is 72.3 Å². The summed E-state index contributed by atoms with van der Waals surface area (Å²) in [5, 5.41) is 6.60. The molecule has 1 atom stereocenters. The van der Waals surface area contributed by atoms with Gasteiger partial charge in [0.2, 0.25) is 15.9 Å². The Bertz CT molecular complexity index is 1360. The standard InChI is InChI=1S/C27H31N3O6S/c1-19(2)25(29-27(32)36-18-20-8-4-3-5-9-20)26(31)28-23-12-6-11-22-21(23)10-7-13-24(22)37(33,34)30-14-16-35-17-15-30/h3-13,19,25H,14-18H2,1-2H3,(H,28,31)(H,29,32). The molecule has 0 aromatic heterocycles. The average molecular weight is 526 g/mol. The van der Waals surface area contributed by atoms with Crippen molar-refractivity contribution in [1.29, 1.82) is 0 Å². The lowest BCUT2D eigenvalue weighted by molar-refractivity contribution is -0.119. The van der Waals surface area contributed by atoms with Gasteiger partial charge in [-0.05, 0) is 23.6 Å². The van der Waals surface area contributed by atoms with Crippen LogP contribution in [0, 0.1) is 5.92 Å². The Labute approximate surface area is 216 Å². The predicted octanol–water partition coefficient (Wildman–Crippen LogP) is 3.75. The lowest BCUT2D eigenvalue weighted by atomic mass is 10.0. The van der Waals surface area contributed by atoms with Crippen molar-refractivity contribution < 1.29 is 27.5 Å². The summed E-state index contributed by atoms with van der Waals surface area (Å²) in [5.74, 6) is -0.655. The summed E-state index contributed by atoms with van der Waals surface area (Å²) in [6, 6.07) is 18.5. The second-order valence-electron chi connectivity index (χ2n) is 9.09. The van der Waals surface area contributed by atoms with Gasteiger partial charge in [0.15, 0.2) is 0 Å². The number of benzene rings is 3. The molecule has 10 heteroatoms. The van der Waals surface area contributed by atoms with Gasteiger partial charge in [0, 0.05) is 29.5 Å². The molecule has 196 valence electrons. The van der Waals surface area contributed by atoms with Crippen molar-refractivity contribution in [3.63, 3.8) is 0 Å². The molecule has 0 radical (unpaired) electrons. The molecule has 3 aromatic rings. The van der Waals surface area contributed by atoms with Gasteiger partial charge in [-0.25, -0.2) is 13.2 Å². The smallest absolute Gasteiger partial charge is 0.408 e. The lowest BCUT2D eigenvalue weighted by Crippen LogP contribution is -2.47. The minimum atomic E-state index is -3.74. The van der Waals surface area contributed by atoms with Gasteiger partial charge in [-0.15, -0.1) is 0 Å². The first-order valence-corrected chi connectivity index (χ1v) is 13.6. The molecule has 1 aliphatic rings. The van der Waals surface area contributed by atoms with Crippen molar-refractivity contribution in [3.8, 4) is 0 Å². The number of anilines is 1. The summed E-state index contributed by atoms with van der Waals surface area (Å²) >= 11 is 0. The molecule has 0 spiro atoms. The van der Waals surface area contributed by atoms with Crippen LogP contribution < -0.4 is 10.6 Å². The number of morpholine rings is 1. The summed E-state index contributed by atoms with van der Waals surface area (Å²) < 4.78 is 38.7. The number of carbonyl (C=O) groups is 2. The van der Waals surface area contributed by atoms with Crippen molar-refractivity contribution in [2.75, 3.05) is 31.6 Å². The highest BCUT2D eigenvalue weighted by Gasteiger charge is 2.29. The van der Waals surface area contributed by atoms with Crippen LogP contribution in [0.15, 0.2) is 71.6 Å². The molecule has 4 rings (SSSR count). The van der Waals surface area contributed by atoms with Crippen LogP contribution >= 0.6 is 0 Å². The number of amides is 2. The number of fused-ring (bicyclic) bond motifs is 1. The van der Waals surface area contributed by atoms with E-state index in [1.54, 1.807) is 36.4 Å². The molecule has 0 saturated carbocycles. The Balaban J connectivity index is 1.52. The normalized spacial score (nSPS) is 15.3. The molecule has 9 nitrogen and oxygen atoms in total. The molecule has 0 bridgehead atoms. The third-order valence-corrected chi connectivity index (χ3v) is 8.12. The fourth-order valence-corrected chi connectivity index (χ4v) is 5.79. The van der Waals surface area contributed by atoms with E-state index in [4.69, 9.17) is 9.47 Å². The van der Waals surface area contributed by atoms with Gasteiger partial charge < -0.3 is 20.1 Å². The molecular weight excluding hydrogens is 494 g/mol. The summed E-state index contributed by atoms with van der Waals surface area (Å²) in [6.45, 7) is 5.00. The Morgan fingerprint density at radius 3 is 2.32 bits per heavy atom. The highest BCUT2D eigenvalue weighted by atomic mass is 32.2. The topological polar surface area (TPSA) is 114 Å². The van der Waals surface area contributed by atoms with E-state index in [1.165, 1.54) is 4.31 Å². The Morgan fingerprint density at radius 1 is 0.946 bits per heavy atom. The zero-order chi connectivity index (χ0) is 26.4. The van der Waals surface area contributed by atoms with Gasteiger partial charge in [0.25, 0.3) is 0 Å². The minimum absolute atomic E-state index is 0.0861. The maximum absolute atomic E-state index is 13.3. The van der Waals surface area contributed by atoms with E-state index in [9.17, 15) is 18.0 Å². The number of alkyl carbamates (subject to hydrolysis) is 1. The molecule has 3 aromatic carbocycles. The fraction of sp³-hybridized carbons (Fsp3) is 0.333. The number of hydrogen-bond acceptors (Lipinski definition) is 6. The van der Waals surface area contributed by atoms with Gasteiger partial charge in [-0.3, -0.25) is 4.79 Å². The van der Waals surface area contributed by atoms with Crippen LogP contribution in [-0.2, 0) is 30.9 Å². The van der Waals surface area contributed by atoms with Gasteiger partial charge in [-0.2, -0.15) is 4.31 Å². The van der Waals surface area contributed by atoms with E-state index in [0.717, 1.165) is 5.56 Å². The third-order valence-electron chi connectivity index (χ3n) is 6.16. The highest BCUT2D eigenvalue weighted by molar-refractivity contribution is 7.89. The number of sulfonamides is 1. The van der Waals surface area contributed by atoms with Gasteiger partial charge in [0.1, 0.15) is 12.6 Å². The van der Waals surface area contributed by atoms with Crippen LogP contribution in [0.25, 0.3) is 10.8 Å². The number of hydrogen-bond donors (Lipinski definition) is 2. The number of carbonyl (C=O) groups excluding carboxylic acids is 2. The number of ether oxygens (including phenoxy) is 2. The van der Waals surface area contributed by atoms with Crippen molar-refractivity contribution in [1.82, 2.24) is 9.62 Å². The average Bonchev–Trinajstić information content (AvgIpc) is 2.91. The van der Waals surface area contributed by atoms with E-state index in [2.05, 4.69) is 10.6 Å².